The lowest BCUT2D eigenvalue weighted by Gasteiger charge is -2.13. The molecule has 1 aromatic carbocycles. The van der Waals surface area contributed by atoms with Gasteiger partial charge in [-0.25, -0.2) is 0 Å². The number of aliphatic hydroxyl groups is 1. The highest BCUT2D eigenvalue weighted by atomic mass is 35.5. The molecule has 0 aliphatic carbocycles. The Kier molecular flexibility index (Phi) is 4.72. The van der Waals surface area contributed by atoms with Crippen LogP contribution in [0.2, 0.25) is 0 Å². The number of aryl methyl sites for hydroxylation is 1. The topological polar surface area (TPSA) is 41.5 Å². The molecule has 84 valence electrons. The summed E-state index contributed by atoms with van der Waals surface area (Å²) in [7, 11) is 1.64. The van der Waals surface area contributed by atoms with Crippen molar-refractivity contribution in [2.24, 2.45) is 0 Å². The van der Waals surface area contributed by atoms with Gasteiger partial charge in [-0.15, -0.1) is 11.6 Å². The number of hydrogen-bond acceptors (Lipinski definition) is 3. The number of aliphatic hydroxyl groups excluding tert-OH is 1. The van der Waals surface area contributed by atoms with E-state index in [4.69, 9.17) is 16.3 Å². The third-order valence-electron chi connectivity index (χ3n) is 2.14. The summed E-state index contributed by atoms with van der Waals surface area (Å²) in [5, 5.41) is 12.4. The Bertz CT molecular complexity index is 317. The fourth-order valence-electron chi connectivity index (χ4n) is 1.24. The first-order chi connectivity index (χ1) is 7.17. The summed E-state index contributed by atoms with van der Waals surface area (Å²) < 4.78 is 5.10. The van der Waals surface area contributed by atoms with E-state index < -0.39 is 6.10 Å². The van der Waals surface area contributed by atoms with Crippen molar-refractivity contribution in [1.82, 2.24) is 0 Å². The monoisotopic (exact) mass is 229 g/mol. The number of alkyl halides is 1. The smallest absolute Gasteiger partial charge is 0.119 e. The number of methoxy groups -OCH3 is 1. The third kappa shape index (κ3) is 3.61. The Morgan fingerprint density at radius 1 is 1.53 bits per heavy atom. The van der Waals surface area contributed by atoms with E-state index in [0.717, 1.165) is 17.0 Å². The minimum atomic E-state index is -0.520. The van der Waals surface area contributed by atoms with E-state index >= 15 is 0 Å². The molecule has 4 heteroatoms. The van der Waals surface area contributed by atoms with E-state index in [9.17, 15) is 5.11 Å². The van der Waals surface area contributed by atoms with Crippen molar-refractivity contribution in [2.75, 3.05) is 24.9 Å². The highest BCUT2D eigenvalue weighted by Crippen LogP contribution is 2.20. The maximum atomic E-state index is 9.29. The van der Waals surface area contributed by atoms with Crippen LogP contribution in [0.4, 0.5) is 5.69 Å². The maximum Gasteiger partial charge on any atom is 0.119 e. The van der Waals surface area contributed by atoms with Crippen molar-refractivity contribution >= 4 is 17.3 Å². The summed E-state index contributed by atoms with van der Waals surface area (Å²) in [5.74, 6) is 1.07. The molecule has 0 aliphatic heterocycles. The van der Waals surface area contributed by atoms with Gasteiger partial charge >= 0.3 is 0 Å². The molecule has 0 spiro atoms. The van der Waals surface area contributed by atoms with Crippen molar-refractivity contribution in [3.8, 4) is 5.75 Å². The van der Waals surface area contributed by atoms with Crippen LogP contribution in [0.3, 0.4) is 0 Å². The van der Waals surface area contributed by atoms with E-state index in [0.29, 0.717) is 6.54 Å². The van der Waals surface area contributed by atoms with Crippen LogP contribution in [0.5, 0.6) is 5.75 Å². The van der Waals surface area contributed by atoms with Gasteiger partial charge in [-0.1, -0.05) is 0 Å². The molecule has 0 saturated carbocycles. The van der Waals surface area contributed by atoms with Gasteiger partial charge in [-0.05, 0) is 30.7 Å². The Hall–Kier alpha value is -0.930. The Morgan fingerprint density at radius 2 is 2.27 bits per heavy atom. The Morgan fingerprint density at radius 3 is 2.80 bits per heavy atom. The lowest BCUT2D eigenvalue weighted by atomic mass is 10.2. The number of anilines is 1. The second-order valence-electron chi connectivity index (χ2n) is 3.37. The van der Waals surface area contributed by atoms with Crippen LogP contribution in [0.25, 0.3) is 0 Å². The minimum Gasteiger partial charge on any atom is -0.497 e. The average molecular weight is 230 g/mol. The van der Waals surface area contributed by atoms with Crippen LogP contribution in [0.1, 0.15) is 5.56 Å². The fraction of sp³-hybridized carbons (Fsp3) is 0.455. The van der Waals surface area contributed by atoms with Crippen molar-refractivity contribution in [2.45, 2.75) is 13.0 Å². The maximum absolute atomic E-state index is 9.29. The van der Waals surface area contributed by atoms with Crippen LogP contribution in [-0.4, -0.2) is 30.7 Å². The van der Waals surface area contributed by atoms with Gasteiger partial charge in [0.2, 0.25) is 0 Å². The number of benzene rings is 1. The van der Waals surface area contributed by atoms with E-state index in [1.807, 2.05) is 25.1 Å². The van der Waals surface area contributed by atoms with Gasteiger partial charge in [0.1, 0.15) is 5.75 Å². The number of ether oxygens (including phenoxy) is 1. The molecule has 0 bridgehead atoms. The lowest BCUT2D eigenvalue weighted by molar-refractivity contribution is 0.211. The van der Waals surface area contributed by atoms with Gasteiger partial charge in [-0.2, -0.15) is 0 Å². The first-order valence-electron chi connectivity index (χ1n) is 4.80. The zero-order valence-electron chi connectivity index (χ0n) is 8.96. The molecular weight excluding hydrogens is 214 g/mol. The highest BCUT2D eigenvalue weighted by molar-refractivity contribution is 6.18. The van der Waals surface area contributed by atoms with Crippen molar-refractivity contribution in [3.63, 3.8) is 0 Å². The van der Waals surface area contributed by atoms with E-state index in [2.05, 4.69) is 5.32 Å². The standard InChI is InChI=1S/C11H16ClNO2/c1-8-5-10(15-2)3-4-11(8)13-7-9(14)6-12/h3-5,9,13-14H,6-7H2,1-2H3. The second kappa shape index (κ2) is 5.83. The number of nitrogens with one attached hydrogen (secondary N) is 1. The summed E-state index contributed by atoms with van der Waals surface area (Å²) >= 11 is 5.50. The first kappa shape index (κ1) is 12.1. The molecule has 0 heterocycles. The Labute approximate surface area is 95.0 Å². The SMILES string of the molecule is COc1ccc(NCC(O)CCl)c(C)c1. The second-order valence-corrected chi connectivity index (χ2v) is 3.68. The van der Waals surface area contributed by atoms with Gasteiger partial charge in [0.15, 0.2) is 0 Å². The average Bonchev–Trinajstić information content (AvgIpc) is 2.26. The van der Waals surface area contributed by atoms with Gasteiger partial charge in [0.25, 0.3) is 0 Å². The van der Waals surface area contributed by atoms with E-state index in [1.165, 1.54) is 0 Å². The number of hydrogen-bond donors (Lipinski definition) is 2. The molecule has 2 N–H and O–H groups in total. The van der Waals surface area contributed by atoms with E-state index in [-0.39, 0.29) is 5.88 Å². The van der Waals surface area contributed by atoms with Crippen molar-refractivity contribution in [3.05, 3.63) is 23.8 Å². The van der Waals surface area contributed by atoms with Gasteiger partial charge in [0.05, 0.1) is 19.1 Å². The molecule has 0 saturated heterocycles. The summed E-state index contributed by atoms with van der Waals surface area (Å²) in [6.45, 7) is 2.44. The highest BCUT2D eigenvalue weighted by Gasteiger charge is 2.03. The minimum absolute atomic E-state index is 0.238. The van der Waals surface area contributed by atoms with Crippen LogP contribution in [0.15, 0.2) is 18.2 Å². The number of rotatable bonds is 5. The van der Waals surface area contributed by atoms with Gasteiger partial charge in [0, 0.05) is 12.2 Å². The predicted octanol–water partition coefficient (Wildman–Crippen LogP) is 2.02. The molecule has 1 unspecified atom stereocenters. The van der Waals surface area contributed by atoms with Gasteiger partial charge in [-0.3, -0.25) is 0 Å². The first-order valence-corrected chi connectivity index (χ1v) is 5.33. The predicted molar refractivity (Wildman–Crippen MR) is 62.9 cm³/mol. The molecule has 0 aromatic heterocycles. The molecule has 1 aromatic rings. The zero-order valence-corrected chi connectivity index (χ0v) is 9.71. The quantitative estimate of drug-likeness (QED) is 0.759. The van der Waals surface area contributed by atoms with Crippen LogP contribution < -0.4 is 10.1 Å². The molecule has 0 radical (unpaired) electrons. The largest absolute Gasteiger partial charge is 0.497 e. The van der Waals surface area contributed by atoms with Crippen molar-refractivity contribution in [1.29, 1.82) is 0 Å². The fourth-order valence-corrected chi connectivity index (χ4v) is 1.35. The van der Waals surface area contributed by atoms with E-state index in [1.54, 1.807) is 7.11 Å². The molecule has 0 aliphatic rings. The molecule has 15 heavy (non-hydrogen) atoms. The summed E-state index contributed by atoms with van der Waals surface area (Å²) in [6.07, 6.45) is -0.520. The molecule has 1 rings (SSSR count). The van der Waals surface area contributed by atoms with Crippen LogP contribution in [-0.2, 0) is 0 Å². The van der Waals surface area contributed by atoms with Crippen molar-refractivity contribution < 1.29 is 9.84 Å². The van der Waals surface area contributed by atoms with Gasteiger partial charge < -0.3 is 15.2 Å². The third-order valence-corrected chi connectivity index (χ3v) is 2.50. The normalized spacial score (nSPS) is 12.3. The summed E-state index contributed by atoms with van der Waals surface area (Å²) in [6, 6.07) is 5.74. The summed E-state index contributed by atoms with van der Waals surface area (Å²) in [4.78, 5) is 0. The molecule has 1 atom stereocenters. The number of halogens is 1. The molecular formula is C11H16ClNO2. The van der Waals surface area contributed by atoms with Crippen LogP contribution >= 0.6 is 11.6 Å². The molecule has 0 amide bonds. The molecule has 0 fully saturated rings. The zero-order chi connectivity index (χ0) is 11.3. The Balaban J connectivity index is 2.62. The van der Waals surface area contributed by atoms with Crippen LogP contribution in [0, 0.1) is 6.92 Å². The summed E-state index contributed by atoms with van der Waals surface area (Å²) in [5.41, 5.74) is 2.07. The lowest BCUT2D eigenvalue weighted by Crippen LogP contribution is -2.21. The molecule has 3 nitrogen and oxygen atoms in total.